The smallest absolute Gasteiger partial charge is 0.265 e. The zero-order chi connectivity index (χ0) is 10.1. The molecular weight excluding hydrogens is 180 g/mol. The molecule has 2 aromatic rings. The Bertz CT molecular complexity index is 511. The SMILES string of the molecule is CCc1nn(CC)c(=O)c2ccnn12. The van der Waals surface area contributed by atoms with Crippen LogP contribution in [-0.4, -0.2) is 19.4 Å². The van der Waals surface area contributed by atoms with Gasteiger partial charge in [0.05, 0.1) is 6.20 Å². The maximum absolute atomic E-state index is 11.7. The van der Waals surface area contributed by atoms with Crippen LogP contribution in [0.2, 0.25) is 0 Å². The Kier molecular flexibility index (Phi) is 2.07. The number of aryl methyl sites for hydroxylation is 2. The Morgan fingerprint density at radius 2 is 2.21 bits per heavy atom. The summed E-state index contributed by atoms with van der Waals surface area (Å²) >= 11 is 0. The van der Waals surface area contributed by atoms with E-state index in [9.17, 15) is 4.79 Å². The average Bonchev–Trinajstić information content (AvgIpc) is 2.68. The molecule has 5 heteroatoms. The topological polar surface area (TPSA) is 52.2 Å². The number of fused-ring (bicyclic) bond motifs is 1. The Labute approximate surface area is 81.0 Å². The van der Waals surface area contributed by atoms with Crippen LogP contribution in [-0.2, 0) is 13.0 Å². The van der Waals surface area contributed by atoms with Gasteiger partial charge in [-0.2, -0.15) is 10.2 Å². The number of aromatic nitrogens is 4. The van der Waals surface area contributed by atoms with Crippen LogP contribution in [0.15, 0.2) is 17.1 Å². The first-order chi connectivity index (χ1) is 6.77. The number of hydrogen-bond acceptors (Lipinski definition) is 3. The van der Waals surface area contributed by atoms with Gasteiger partial charge in [0.15, 0.2) is 5.82 Å². The monoisotopic (exact) mass is 192 g/mol. The van der Waals surface area contributed by atoms with Gasteiger partial charge in [0.2, 0.25) is 0 Å². The molecule has 0 bridgehead atoms. The summed E-state index contributed by atoms with van der Waals surface area (Å²) in [5.41, 5.74) is 0.515. The lowest BCUT2D eigenvalue weighted by atomic mass is 10.4. The van der Waals surface area contributed by atoms with Crippen LogP contribution in [0, 0.1) is 0 Å². The molecule has 0 aliphatic rings. The highest BCUT2D eigenvalue weighted by atomic mass is 16.1. The summed E-state index contributed by atoms with van der Waals surface area (Å²) in [5.74, 6) is 0.812. The highest BCUT2D eigenvalue weighted by Crippen LogP contribution is 1.99. The lowest BCUT2D eigenvalue weighted by molar-refractivity contribution is 0.573. The number of nitrogens with zero attached hydrogens (tertiary/aromatic N) is 4. The van der Waals surface area contributed by atoms with Gasteiger partial charge in [0.1, 0.15) is 5.52 Å². The van der Waals surface area contributed by atoms with Crippen LogP contribution >= 0.6 is 0 Å². The van der Waals surface area contributed by atoms with Crippen molar-refractivity contribution in [1.29, 1.82) is 0 Å². The summed E-state index contributed by atoms with van der Waals surface area (Å²) in [7, 11) is 0. The van der Waals surface area contributed by atoms with Gasteiger partial charge >= 0.3 is 0 Å². The van der Waals surface area contributed by atoms with Crippen molar-refractivity contribution in [3.8, 4) is 0 Å². The molecule has 2 aromatic heterocycles. The number of hydrogen-bond donors (Lipinski definition) is 0. The predicted octanol–water partition coefficient (Wildman–Crippen LogP) is 0.473. The minimum absolute atomic E-state index is 0.0813. The Morgan fingerprint density at radius 1 is 1.43 bits per heavy atom. The lowest BCUT2D eigenvalue weighted by Crippen LogP contribution is -2.26. The Morgan fingerprint density at radius 3 is 2.86 bits per heavy atom. The van der Waals surface area contributed by atoms with Crippen molar-refractivity contribution >= 4 is 5.52 Å². The van der Waals surface area contributed by atoms with Crippen LogP contribution in [0.5, 0.6) is 0 Å². The fourth-order valence-electron chi connectivity index (χ4n) is 1.47. The van der Waals surface area contributed by atoms with E-state index in [0.29, 0.717) is 12.1 Å². The molecule has 0 saturated heterocycles. The third kappa shape index (κ3) is 1.13. The fraction of sp³-hybridized carbons (Fsp3) is 0.444. The van der Waals surface area contributed by atoms with Crippen LogP contribution in [0.4, 0.5) is 0 Å². The molecule has 0 fully saturated rings. The first-order valence-electron chi connectivity index (χ1n) is 4.71. The molecule has 0 aliphatic carbocycles. The van der Waals surface area contributed by atoms with E-state index in [4.69, 9.17) is 0 Å². The van der Waals surface area contributed by atoms with E-state index in [-0.39, 0.29) is 5.56 Å². The van der Waals surface area contributed by atoms with Crippen LogP contribution in [0.1, 0.15) is 19.7 Å². The summed E-state index contributed by atoms with van der Waals surface area (Å²) in [5, 5.41) is 8.28. The quantitative estimate of drug-likeness (QED) is 0.695. The second-order valence-corrected chi connectivity index (χ2v) is 3.02. The van der Waals surface area contributed by atoms with Crippen LogP contribution in [0.3, 0.4) is 0 Å². The van der Waals surface area contributed by atoms with Gasteiger partial charge in [-0.3, -0.25) is 4.79 Å². The minimum Gasteiger partial charge on any atom is -0.265 e. The molecule has 0 saturated carbocycles. The number of rotatable bonds is 2. The first kappa shape index (κ1) is 8.93. The van der Waals surface area contributed by atoms with Gasteiger partial charge in [0, 0.05) is 13.0 Å². The van der Waals surface area contributed by atoms with E-state index in [0.717, 1.165) is 12.2 Å². The van der Waals surface area contributed by atoms with E-state index in [1.165, 1.54) is 4.68 Å². The molecule has 0 amide bonds. The van der Waals surface area contributed by atoms with Gasteiger partial charge in [-0.05, 0) is 13.0 Å². The Hall–Kier alpha value is -1.65. The van der Waals surface area contributed by atoms with E-state index < -0.39 is 0 Å². The summed E-state index contributed by atoms with van der Waals surface area (Å²) in [4.78, 5) is 11.7. The summed E-state index contributed by atoms with van der Waals surface area (Å²) in [6.07, 6.45) is 2.38. The molecule has 0 radical (unpaired) electrons. The molecule has 0 unspecified atom stereocenters. The normalized spacial score (nSPS) is 11.0. The maximum Gasteiger partial charge on any atom is 0.292 e. The van der Waals surface area contributed by atoms with E-state index in [1.54, 1.807) is 16.8 Å². The third-order valence-electron chi connectivity index (χ3n) is 2.19. The zero-order valence-electron chi connectivity index (χ0n) is 8.27. The van der Waals surface area contributed by atoms with Crippen molar-refractivity contribution < 1.29 is 0 Å². The van der Waals surface area contributed by atoms with Crippen LogP contribution < -0.4 is 5.56 Å². The molecule has 2 heterocycles. The molecule has 0 aromatic carbocycles. The second-order valence-electron chi connectivity index (χ2n) is 3.02. The van der Waals surface area contributed by atoms with Gasteiger partial charge in [-0.1, -0.05) is 6.92 Å². The van der Waals surface area contributed by atoms with Gasteiger partial charge < -0.3 is 0 Å². The Balaban J connectivity index is 2.87. The second kappa shape index (κ2) is 3.25. The average molecular weight is 192 g/mol. The van der Waals surface area contributed by atoms with E-state index in [2.05, 4.69) is 10.2 Å². The van der Waals surface area contributed by atoms with E-state index >= 15 is 0 Å². The molecule has 0 spiro atoms. The van der Waals surface area contributed by atoms with Crippen molar-refractivity contribution in [2.24, 2.45) is 0 Å². The van der Waals surface area contributed by atoms with Gasteiger partial charge in [0.25, 0.3) is 5.56 Å². The molecule has 2 rings (SSSR count). The van der Waals surface area contributed by atoms with Crippen molar-refractivity contribution in [2.45, 2.75) is 26.8 Å². The molecule has 0 atom stereocenters. The minimum atomic E-state index is -0.0813. The van der Waals surface area contributed by atoms with Crippen molar-refractivity contribution in [1.82, 2.24) is 19.4 Å². The summed E-state index contributed by atoms with van der Waals surface area (Å²) in [6, 6.07) is 1.72. The molecule has 5 nitrogen and oxygen atoms in total. The van der Waals surface area contributed by atoms with Crippen molar-refractivity contribution in [3.05, 3.63) is 28.4 Å². The standard InChI is InChI=1S/C9H12N4O/c1-3-8-11-12(4-2)9(14)7-5-6-10-13(7)8/h5-6H,3-4H2,1-2H3. The van der Waals surface area contributed by atoms with Gasteiger partial charge in [-0.25, -0.2) is 9.20 Å². The first-order valence-corrected chi connectivity index (χ1v) is 4.71. The maximum atomic E-state index is 11.7. The molecule has 74 valence electrons. The molecule has 14 heavy (non-hydrogen) atoms. The highest BCUT2D eigenvalue weighted by Gasteiger charge is 2.07. The lowest BCUT2D eigenvalue weighted by Gasteiger charge is -2.05. The predicted molar refractivity (Wildman–Crippen MR) is 52.3 cm³/mol. The molecular formula is C9H12N4O. The molecule has 0 N–H and O–H groups in total. The summed E-state index contributed by atoms with van der Waals surface area (Å²) < 4.78 is 3.07. The van der Waals surface area contributed by atoms with Crippen molar-refractivity contribution in [3.63, 3.8) is 0 Å². The highest BCUT2D eigenvalue weighted by molar-refractivity contribution is 5.42. The van der Waals surface area contributed by atoms with Crippen molar-refractivity contribution in [2.75, 3.05) is 0 Å². The zero-order valence-corrected chi connectivity index (χ0v) is 8.27. The van der Waals surface area contributed by atoms with Gasteiger partial charge in [-0.15, -0.1) is 0 Å². The summed E-state index contributed by atoms with van der Waals surface area (Å²) in [6.45, 7) is 4.49. The molecule has 0 aliphatic heterocycles. The van der Waals surface area contributed by atoms with Crippen LogP contribution in [0.25, 0.3) is 5.52 Å². The van der Waals surface area contributed by atoms with E-state index in [1.807, 2.05) is 13.8 Å². The largest absolute Gasteiger partial charge is 0.292 e. The third-order valence-corrected chi connectivity index (χ3v) is 2.19. The fourth-order valence-corrected chi connectivity index (χ4v) is 1.47.